The lowest BCUT2D eigenvalue weighted by Gasteiger charge is -1.91. The lowest BCUT2D eigenvalue weighted by Crippen LogP contribution is -2.02. The standard InChI is InChI=1S/C7H6N2O2/c8-2-5(3-9)1-6-7(4-10)11-6/h4-7H,1H2/t6-,7-/m0/s1. The summed E-state index contributed by atoms with van der Waals surface area (Å²) in [5.74, 6) is -0.648. The Morgan fingerprint density at radius 3 is 2.55 bits per heavy atom. The predicted molar refractivity (Wildman–Crippen MR) is 34.1 cm³/mol. The quantitative estimate of drug-likeness (QED) is 0.419. The van der Waals surface area contributed by atoms with Gasteiger partial charge in [0.15, 0.2) is 6.29 Å². The molecule has 0 bridgehead atoms. The maximum Gasteiger partial charge on any atom is 0.151 e. The van der Waals surface area contributed by atoms with E-state index in [-0.39, 0.29) is 12.2 Å². The van der Waals surface area contributed by atoms with Crippen molar-refractivity contribution in [3.8, 4) is 12.1 Å². The number of rotatable bonds is 3. The molecule has 1 heterocycles. The first-order valence-electron chi connectivity index (χ1n) is 3.21. The van der Waals surface area contributed by atoms with E-state index >= 15 is 0 Å². The molecule has 0 aromatic heterocycles. The summed E-state index contributed by atoms with van der Waals surface area (Å²) in [5.41, 5.74) is 0. The highest BCUT2D eigenvalue weighted by atomic mass is 16.6. The molecule has 1 aliphatic rings. The summed E-state index contributed by atoms with van der Waals surface area (Å²) in [7, 11) is 0. The average Bonchev–Trinajstić information content (AvgIpc) is 2.78. The van der Waals surface area contributed by atoms with Crippen LogP contribution in [0.25, 0.3) is 0 Å². The summed E-state index contributed by atoms with van der Waals surface area (Å²) in [6, 6.07) is 3.62. The van der Waals surface area contributed by atoms with Crippen LogP contribution in [0.15, 0.2) is 0 Å². The Morgan fingerprint density at radius 1 is 1.55 bits per heavy atom. The van der Waals surface area contributed by atoms with E-state index in [0.29, 0.717) is 12.7 Å². The van der Waals surface area contributed by atoms with Gasteiger partial charge in [0.1, 0.15) is 12.0 Å². The van der Waals surface area contributed by atoms with E-state index in [1.807, 2.05) is 12.1 Å². The van der Waals surface area contributed by atoms with Crippen molar-refractivity contribution in [3.05, 3.63) is 0 Å². The molecule has 4 heteroatoms. The molecule has 0 radical (unpaired) electrons. The van der Waals surface area contributed by atoms with Crippen molar-refractivity contribution < 1.29 is 9.53 Å². The lowest BCUT2D eigenvalue weighted by atomic mass is 10.1. The molecule has 11 heavy (non-hydrogen) atoms. The molecule has 1 fully saturated rings. The second-order valence-corrected chi connectivity index (χ2v) is 2.32. The summed E-state index contributed by atoms with van der Waals surface area (Å²) in [6.45, 7) is 0. The van der Waals surface area contributed by atoms with Gasteiger partial charge in [-0.1, -0.05) is 0 Å². The number of aldehydes is 1. The average molecular weight is 150 g/mol. The van der Waals surface area contributed by atoms with Gasteiger partial charge in [0.25, 0.3) is 0 Å². The molecule has 1 aliphatic heterocycles. The Morgan fingerprint density at radius 2 is 2.18 bits per heavy atom. The smallest absolute Gasteiger partial charge is 0.151 e. The molecule has 0 amide bonds. The molecule has 0 aliphatic carbocycles. The van der Waals surface area contributed by atoms with Crippen LogP contribution in [0.2, 0.25) is 0 Å². The van der Waals surface area contributed by atoms with Crippen LogP contribution in [0, 0.1) is 28.6 Å². The van der Waals surface area contributed by atoms with Crippen molar-refractivity contribution in [2.24, 2.45) is 5.92 Å². The van der Waals surface area contributed by atoms with Gasteiger partial charge in [-0.15, -0.1) is 0 Å². The van der Waals surface area contributed by atoms with E-state index in [9.17, 15) is 4.79 Å². The number of nitriles is 2. The third-order valence-corrected chi connectivity index (χ3v) is 1.54. The first-order valence-corrected chi connectivity index (χ1v) is 3.21. The largest absolute Gasteiger partial charge is 0.362 e. The number of hydrogen-bond donors (Lipinski definition) is 0. The summed E-state index contributed by atoms with van der Waals surface area (Å²) >= 11 is 0. The summed E-state index contributed by atoms with van der Waals surface area (Å²) in [6.07, 6.45) is 0.461. The van der Waals surface area contributed by atoms with Gasteiger partial charge >= 0.3 is 0 Å². The van der Waals surface area contributed by atoms with Crippen LogP contribution in [-0.2, 0) is 9.53 Å². The third-order valence-electron chi connectivity index (χ3n) is 1.54. The highest BCUT2D eigenvalue weighted by molar-refractivity contribution is 5.60. The minimum atomic E-state index is -0.648. The van der Waals surface area contributed by atoms with Gasteiger partial charge in [-0.05, 0) is 0 Å². The van der Waals surface area contributed by atoms with E-state index in [1.165, 1.54) is 0 Å². The molecule has 4 nitrogen and oxygen atoms in total. The van der Waals surface area contributed by atoms with Gasteiger partial charge in [0.05, 0.1) is 18.2 Å². The Kier molecular flexibility index (Phi) is 2.20. The van der Waals surface area contributed by atoms with Gasteiger partial charge in [0.2, 0.25) is 0 Å². The highest BCUT2D eigenvalue weighted by Gasteiger charge is 2.40. The molecule has 2 atom stereocenters. The van der Waals surface area contributed by atoms with Crippen LogP contribution in [0.4, 0.5) is 0 Å². The second-order valence-electron chi connectivity index (χ2n) is 2.32. The molecule has 0 spiro atoms. The van der Waals surface area contributed by atoms with Crippen LogP contribution in [0.5, 0.6) is 0 Å². The molecule has 0 saturated carbocycles. The third kappa shape index (κ3) is 1.76. The Hall–Kier alpha value is -1.39. The lowest BCUT2D eigenvalue weighted by molar-refractivity contribution is -0.108. The number of hydrogen-bond acceptors (Lipinski definition) is 4. The van der Waals surface area contributed by atoms with Crippen LogP contribution in [0.3, 0.4) is 0 Å². The van der Waals surface area contributed by atoms with Gasteiger partial charge in [-0.25, -0.2) is 0 Å². The van der Waals surface area contributed by atoms with Crippen LogP contribution in [-0.4, -0.2) is 18.5 Å². The Bertz CT molecular complexity index is 224. The molecule has 0 aromatic rings. The minimum Gasteiger partial charge on any atom is -0.362 e. The minimum absolute atomic E-state index is 0.197. The summed E-state index contributed by atoms with van der Waals surface area (Å²) < 4.78 is 4.83. The molecule has 1 saturated heterocycles. The number of nitrogens with zero attached hydrogens (tertiary/aromatic N) is 2. The van der Waals surface area contributed by atoms with E-state index in [0.717, 1.165) is 0 Å². The zero-order valence-electron chi connectivity index (χ0n) is 5.73. The van der Waals surface area contributed by atoms with Crippen molar-refractivity contribution in [1.82, 2.24) is 0 Å². The van der Waals surface area contributed by atoms with Gasteiger partial charge < -0.3 is 9.53 Å². The fraction of sp³-hybridized carbons (Fsp3) is 0.571. The first kappa shape index (κ1) is 7.71. The first-order chi connectivity index (χ1) is 5.31. The monoisotopic (exact) mass is 150 g/mol. The van der Waals surface area contributed by atoms with Crippen LogP contribution < -0.4 is 0 Å². The maximum absolute atomic E-state index is 10.0. The second kappa shape index (κ2) is 3.14. The van der Waals surface area contributed by atoms with Crippen LogP contribution >= 0.6 is 0 Å². The Labute approximate surface area is 64.0 Å². The molecular weight excluding hydrogens is 144 g/mol. The molecule has 0 aromatic carbocycles. The fourth-order valence-electron chi connectivity index (χ4n) is 0.832. The fourth-order valence-corrected chi connectivity index (χ4v) is 0.832. The molecule has 1 rings (SSSR count). The SMILES string of the molecule is N#CC(C#N)C[C@@H]1O[C@H]1C=O. The van der Waals surface area contributed by atoms with E-state index in [4.69, 9.17) is 15.3 Å². The number of epoxide rings is 1. The molecule has 56 valence electrons. The predicted octanol–water partition coefficient (Wildman–Crippen LogP) is 0.00616. The topological polar surface area (TPSA) is 77.2 Å². The van der Waals surface area contributed by atoms with Crippen LogP contribution in [0.1, 0.15) is 6.42 Å². The Balaban J connectivity index is 2.29. The van der Waals surface area contributed by atoms with Gasteiger partial charge in [-0.2, -0.15) is 10.5 Å². The maximum atomic E-state index is 10.0. The normalized spacial score (nSPS) is 27.2. The molecular formula is C7H6N2O2. The summed E-state index contributed by atoms with van der Waals surface area (Å²) in [4.78, 5) is 10.0. The van der Waals surface area contributed by atoms with Crippen molar-refractivity contribution in [1.29, 1.82) is 10.5 Å². The van der Waals surface area contributed by atoms with Crippen molar-refractivity contribution in [2.75, 3.05) is 0 Å². The van der Waals surface area contributed by atoms with Gasteiger partial charge in [0, 0.05) is 6.42 Å². The number of carbonyl (C=O) groups excluding carboxylic acids is 1. The van der Waals surface area contributed by atoms with E-state index in [1.54, 1.807) is 0 Å². The number of ether oxygens (including phenoxy) is 1. The van der Waals surface area contributed by atoms with Gasteiger partial charge in [-0.3, -0.25) is 0 Å². The molecule has 0 unspecified atom stereocenters. The van der Waals surface area contributed by atoms with E-state index in [2.05, 4.69) is 0 Å². The van der Waals surface area contributed by atoms with Crippen molar-refractivity contribution in [3.63, 3.8) is 0 Å². The zero-order valence-corrected chi connectivity index (χ0v) is 5.73. The number of carbonyl (C=O) groups is 1. The van der Waals surface area contributed by atoms with Crippen molar-refractivity contribution in [2.45, 2.75) is 18.6 Å². The zero-order chi connectivity index (χ0) is 8.27. The molecule has 0 N–H and O–H groups in total. The highest BCUT2D eigenvalue weighted by Crippen LogP contribution is 2.26. The summed E-state index contributed by atoms with van der Waals surface area (Å²) in [5, 5.41) is 16.7. The van der Waals surface area contributed by atoms with E-state index < -0.39 is 5.92 Å². The van der Waals surface area contributed by atoms with Crippen molar-refractivity contribution >= 4 is 6.29 Å².